The first kappa shape index (κ1) is 21.0. The third kappa shape index (κ3) is 4.42. The number of carbonyl (C=O) groups is 1. The first-order valence-corrected chi connectivity index (χ1v) is 12.2. The van der Waals surface area contributed by atoms with Gasteiger partial charge in [-0.25, -0.2) is 8.42 Å². The minimum Gasteiger partial charge on any atom is -0.335 e. The van der Waals surface area contributed by atoms with Crippen molar-refractivity contribution in [1.82, 2.24) is 14.2 Å². The summed E-state index contributed by atoms with van der Waals surface area (Å²) in [5.74, 6) is 0.510. The van der Waals surface area contributed by atoms with Crippen molar-refractivity contribution < 1.29 is 13.2 Å². The lowest BCUT2D eigenvalue weighted by molar-refractivity contribution is -0.131. The van der Waals surface area contributed by atoms with Gasteiger partial charge in [-0.15, -0.1) is 0 Å². The molecule has 2 atom stereocenters. The summed E-state index contributed by atoms with van der Waals surface area (Å²) < 4.78 is 27.2. The van der Waals surface area contributed by atoms with E-state index in [-0.39, 0.29) is 18.4 Å². The van der Waals surface area contributed by atoms with Crippen molar-refractivity contribution in [2.75, 3.05) is 19.6 Å². The zero-order valence-electron chi connectivity index (χ0n) is 17.4. The number of amides is 1. The maximum atomic E-state index is 13.1. The maximum Gasteiger partial charge on any atom is 0.243 e. The van der Waals surface area contributed by atoms with Gasteiger partial charge in [-0.05, 0) is 54.5 Å². The van der Waals surface area contributed by atoms with E-state index in [1.54, 1.807) is 34.8 Å². The van der Waals surface area contributed by atoms with E-state index in [0.717, 1.165) is 43.4 Å². The molecule has 2 unspecified atom stereocenters. The number of rotatable bonds is 5. The van der Waals surface area contributed by atoms with Crippen LogP contribution in [0.1, 0.15) is 49.8 Å². The first-order chi connectivity index (χ1) is 14.4. The number of pyridine rings is 1. The van der Waals surface area contributed by atoms with Crippen LogP contribution in [0.3, 0.4) is 0 Å². The molecule has 6 nitrogen and oxygen atoms in total. The van der Waals surface area contributed by atoms with Gasteiger partial charge in [0, 0.05) is 32.0 Å². The first-order valence-electron chi connectivity index (χ1n) is 10.7. The van der Waals surface area contributed by atoms with Crippen LogP contribution in [0.2, 0.25) is 0 Å². The average molecular weight is 428 g/mol. The van der Waals surface area contributed by atoms with Crippen LogP contribution in [0.15, 0.2) is 53.7 Å². The second-order valence-electron chi connectivity index (χ2n) is 8.47. The van der Waals surface area contributed by atoms with Gasteiger partial charge in [0.05, 0.1) is 17.4 Å². The van der Waals surface area contributed by atoms with Crippen molar-refractivity contribution in [3.05, 3.63) is 59.9 Å². The molecule has 1 aromatic heterocycles. The Morgan fingerprint density at radius 3 is 2.50 bits per heavy atom. The molecule has 1 aromatic carbocycles. The fourth-order valence-electron chi connectivity index (χ4n) is 4.52. The monoisotopic (exact) mass is 427 g/mol. The molecule has 4 rings (SSSR count). The molecule has 0 N–H and O–H groups in total. The van der Waals surface area contributed by atoms with E-state index in [2.05, 4.69) is 11.9 Å². The molecule has 2 aliphatic heterocycles. The van der Waals surface area contributed by atoms with Crippen LogP contribution in [-0.4, -0.2) is 48.1 Å². The predicted octanol–water partition coefficient (Wildman–Crippen LogP) is 3.41. The van der Waals surface area contributed by atoms with E-state index in [1.165, 1.54) is 0 Å². The third-order valence-electron chi connectivity index (χ3n) is 6.13. The highest BCUT2D eigenvalue weighted by atomic mass is 32.2. The lowest BCUT2D eigenvalue weighted by Crippen LogP contribution is -2.35. The summed E-state index contributed by atoms with van der Waals surface area (Å²) in [4.78, 5) is 19.5. The molecule has 2 fully saturated rings. The lowest BCUT2D eigenvalue weighted by Gasteiger charge is -2.26. The molecule has 160 valence electrons. The summed E-state index contributed by atoms with van der Waals surface area (Å²) in [5, 5.41) is 0. The summed E-state index contributed by atoms with van der Waals surface area (Å²) in [6.45, 7) is 4.08. The van der Waals surface area contributed by atoms with Gasteiger partial charge >= 0.3 is 0 Å². The molecule has 0 aliphatic carbocycles. The molecule has 0 spiro atoms. The number of aromatic nitrogens is 1. The van der Waals surface area contributed by atoms with Crippen LogP contribution in [-0.2, 0) is 21.2 Å². The van der Waals surface area contributed by atoms with Crippen LogP contribution >= 0.6 is 0 Å². The van der Waals surface area contributed by atoms with Crippen molar-refractivity contribution in [3.63, 3.8) is 0 Å². The molecule has 2 aliphatic rings. The summed E-state index contributed by atoms with van der Waals surface area (Å²) in [6, 6.07) is 10.8. The molecular weight excluding hydrogens is 398 g/mol. The highest BCUT2D eigenvalue weighted by Gasteiger charge is 2.34. The van der Waals surface area contributed by atoms with Gasteiger partial charge in [0.2, 0.25) is 15.9 Å². The number of hydrogen-bond acceptors (Lipinski definition) is 4. The lowest BCUT2D eigenvalue weighted by atomic mass is 10.0. The van der Waals surface area contributed by atoms with Crippen LogP contribution in [0.25, 0.3) is 0 Å². The Kier molecular flexibility index (Phi) is 6.20. The van der Waals surface area contributed by atoms with Gasteiger partial charge in [0.1, 0.15) is 0 Å². The molecule has 2 saturated heterocycles. The van der Waals surface area contributed by atoms with Crippen LogP contribution in [0.5, 0.6) is 0 Å². The smallest absolute Gasteiger partial charge is 0.243 e. The molecule has 0 saturated carbocycles. The van der Waals surface area contributed by atoms with Gasteiger partial charge < -0.3 is 4.90 Å². The highest BCUT2D eigenvalue weighted by molar-refractivity contribution is 7.89. The Morgan fingerprint density at radius 1 is 1.10 bits per heavy atom. The summed E-state index contributed by atoms with van der Waals surface area (Å²) in [6.07, 6.45) is 7.70. The van der Waals surface area contributed by atoms with Crippen LogP contribution in [0, 0.1) is 5.92 Å². The van der Waals surface area contributed by atoms with E-state index in [0.29, 0.717) is 23.9 Å². The van der Waals surface area contributed by atoms with Crippen molar-refractivity contribution in [3.8, 4) is 0 Å². The molecule has 1 amide bonds. The second kappa shape index (κ2) is 8.86. The van der Waals surface area contributed by atoms with Gasteiger partial charge in [0.15, 0.2) is 0 Å². The summed E-state index contributed by atoms with van der Waals surface area (Å²) >= 11 is 0. The van der Waals surface area contributed by atoms with E-state index in [9.17, 15) is 13.2 Å². The molecule has 30 heavy (non-hydrogen) atoms. The summed E-state index contributed by atoms with van der Waals surface area (Å²) in [5.41, 5.74) is 1.90. The Morgan fingerprint density at radius 2 is 1.83 bits per heavy atom. The van der Waals surface area contributed by atoms with Gasteiger partial charge in [-0.2, -0.15) is 4.31 Å². The molecule has 0 radical (unpaired) electrons. The van der Waals surface area contributed by atoms with Gasteiger partial charge in [0.25, 0.3) is 0 Å². The Hall–Kier alpha value is -2.25. The zero-order chi connectivity index (χ0) is 21.1. The summed E-state index contributed by atoms with van der Waals surface area (Å²) in [7, 11) is -3.44. The molecule has 0 bridgehead atoms. The van der Waals surface area contributed by atoms with Crippen LogP contribution < -0.4 is 0 Å². The predicted molar refractivity (Wildman–Crippen MR) is 115 cm³/mol. The average Bonchev–Trinajstić information content (AvgIpc) is 3.17. The SMILES string of the molecule is CC1CC(c2cccnc2)N(C(=O)Cc2ccc(S(=O)(=O)N3CCCCC3)cc2)C1. The molecule has 7 heteroatoms. The van der Waals surface area contributed by atoms with E-state index in [1.807, 2.05) is 23.2 Å². The Balaban J connectivity index is 1.46. The standard InChI is InChI=1S/C23H29N3O3S/c1-18-14-22(20-6-5-11-24-16-20)26(17-18)23(27)15-19-7-9-21(10-8-19)30(28,29)25-12-3-2-4-13-25/h5-11,16,18,22H,2-4,12-15,17H2,1H3. The normalized spacial score (nSPS) is 22.9. The number of hydrogen-bond donors (Lipinski definition) is 0. The largest absolute Gasteiger partial charge is 0.335 e. The van der Waals surface area contributed by atoms with E-state index < -0.39 is 10.0 Å². The van der Waals surface area contributed by atoms with E-state index >= 15 is 0 Å². The Bertz CT molecular complexity index is 971. The van der Waals surface area contributed by atoms with Gasteiger partial charge in [-0.1, -0.05) is 31.5 Å². The molecule has 2 aromatic rings. The maximum absolute atomic E-state index is 13.1. The number of piperidine rings is 1. The number of carbonyl (C=O) groups excluding carboxylic acids is 1. The van der Waals surface area contributed by atoms with Crippen molar-refractivity contribution >= 4 is 15.9 Å². The van der Waals surface area contributed by atoms with Crippen molar-refractivity contribution in [2.45, 2.75) is 50.0 Å². The minimum atomic E-state index is -3.44. The number of sulfonamides is 1. The fourth-order valence-corrected chi connectivity index (χ4v) is 6.04. The number of benzene rings is 1. The fraction of sp³-hybridized carbons (Fsp3) is 0.478. The topological polar surface area (TPSA) is 70.6 Å². The van der Waals surface area contributed by atoms with Crippen molar-refractivity contribution in [1.29, 1.82) is 0 Å². The molecule has 3 heterocycles. The van der Waals surface area contributed by atoms with Crippen molar-refractivity contribution in [2.24, 2.45) is 5.92 Å². The quantitative estimate of drug-likeness (QED) is 0.733. The van der Waals surface area contributed by atoms with Gasteiger partial charge in [-0.3, -0.25) is 9.78 Å². The third-order valence-corrected chi connectivity index (χ3v) is 8.04. The Labute approximate surface area is 179 Å². The second-order valence-corrected chi connectivity index (χ2v) is 10.4. The number of likely N-dealkylation sites (tertiary alicyclic amines) is 1. The van der Waals surface area contributed by atoms with E-state index in [4.69, 9.17) is 0 Å². The highest BCUT2D eigenvalue weighted by Crippen LogP contribution is 2.35. The number of nitrogens with zero attached hydrogens (tertiary/aromatic N) is 3. The zero-order valence-corrected chi connectivity index (χ0v) is 18.2. The van der Waals surface area contributed by atoms with Crippen LogP contribution in [0.4, 0.5) is 0 Å². The minimum absolute atomic E-state index is 0.0555. The molecular formula is C23H29N3O3S.